The summed E-state index contributed by atoms with van der Waals surface area (Å²) >= 11 is 0. The van der Waals surface area contributed by atoms with Crippen molar-refractivity contribution in [3.05, 3.63) is 29.8 Å². The zero-order valence-corrected chi connectivity index (χ0v) is 15.9. The van der Waals surface area contributed by atoms with Crippen molar-refractivity contribution >= 4 is 23.6 Å². The molecule has 2 N–H and O–H groups in total. The Morgan fingerprint density at radius 2 is 1.86 bits per heavy atom. The molecule has 1 aromatic carbocycles. The first kappa shape index (κ1) is 19.9. The maximum atomic E-state index is 12.7. The lowest BCUT2D eigenvalue weighted by Gasteiger charge is -2.30. The number of hydrogen-bond acceptors (Lipinski definition) is 5. The Morgan fingerprint density at radius 1 is 1.21 bits per heavy atom. The minimum Gasteiger partial charge on any atom is -0.493 e. The normalized spacial score (nSPS) is 20.9. The van der Waals surface area contributed by atoms with Gasteiger partial charge in [0.1, 0.15) is 12.3 Å². The van der Waals surface area contributed by atoms with Crippen molar-refractivity contribution in [1.82, 2.24) is 10.2 Å². The van der Waals surface area contributed by atoms with Crippen LogP contribution < -0.4 is 10.1 Å². The maximum Gasteiger partial charge on any atom is 0.322 e. The molecule has 2 aliphatic rings. The average Bonchev–Trinajstić information content (AvgIpc) is 3.45. The van der Waals surface area contributed by atoms with Gasteiger partial charge in [0, 0.05) is 6.54 Å². The molecule has 1 unspecified atom stereocenters. The molecule has 8 nitrogen and oxygen atoms in total. The molecular weight excluding hydrogens is 364 g/mol. The third kappa shape index (κ3) is 4.16. The number of nitrogens with zero attached hydrogens (tertiary/aromatic N) is 1. The molecule has 1 aromatic rings. The number of benzene rings is 1. The molecule has 3 rings (SSSR count). The van der Waals surface area contributed by atoms with Gasteiger partial charge < -0.3 is 20.1 Å². The van der Waals surface area contributed by atoms with Gasteiger partial charge in [-0.25, -0.2) is 0 Å². The Kier molecular flexibility index (Phi) is 5.40. The Labute approximate surface area is 162 Å². The number of carboxylic acids is 1. The number of aliphatic carboxylic acids is 1. The number of rotatable bonds is 8. The summed E-state index contributed by atoms with van der Waals surface area (Å²) < 4.78 is 5.69. The van der Waals surface area contributed by atoms with Crippen LogP contribution in [0.25, 0.3) is 0 Å². The Bertz CT molecular complexity index is 797. The number of likely N-dealkylation sites (tertiary alicyclic amines) is 1. The van der Waals surface area contributed by atoms with Gasteiger partial charge in [-0.05, 0) is 50.3 Å². The molecule has 0 aromatic heterocycles. The molecule has 0 bridgehead atoms. The van der Waals surface area contributed by atoms with E-state index in [9.17, 15) is 19.2 Å². The molecule has 1 saturated carbocycles. The van der Waals surface area contributed by atoms with Crippen molar-refractivity contribution in [2.45, 2.75) is 38.8 Å². The fourth-order valence-electron chi connectivity index (χ4n) is 3.17. The van der Waals surface area contributed by atoms with E-state index in [2.05, 4.69) is 5.32 Å². The number of ether oxygens (including phenoxy) is 1. The lowest BCUT2D eigenvalue weighted by atomic mass is 9.93. The fraction of sp³-hybridized carbons (Fsp3) is 0.500. The third-order valence-corrected chi connectivity index (χ3v) is 5.18. The summed E-state index contributed by atoms with van der Waals surface area (Å²) in [7, 11) is 0. The first-order chi connectivity index (χ1) is 13.2. The van der Waals surface area contributed by atoms with Crippen LogP contribution in [0.2, 0.25) is 0 Å². The van der Waals surface area contributed by atoms with Crippen molar-refractivity contribution in [2.75, 3.05) is 13.2 Å². The van der Waals surface area contributed by atoms with Crippen LogP contribution in [0.1, 0.15) is 32.3 Å². The van der Waals surface area contributed by atoms with Gasteiger partial charge >= 0.3 is 5.97 Å². The van der Waals surface area contributed by atoms with Gasteiger partial charge in [0.25, 0.3) is 0 Å². The lowest BCUT2D eigenvalue weighted by Crippen LogP contribution is -2.44. The van der Waals surface area contributed by atoms with Gasteiger partial charge in [-0.3, -0.25) is 19.2 Å². The third-order valence-electron chi connectivity index (χ3n) is 5.18. The number of ketones is 1. The highest BCUT2D eigenvalue weighted by Crippen LogP contribution is 2.33. The molecule has 1 atom stereocenters. The second kappa shape index (κ2) is 7.61. The molecule has 28 heavy (non-hydrogen) atoms. The zero-order chi connectivity index (χ0) is 20.5. The van der Waals surface area contributed by atoms with Crippen LogP contribution in [0.15, 0.2) is 24.3 Å². The number of carboxylic acid groups (broad SMARTS) is 1. The summed E-state index contributed by atoms with van der Waals surface area (Å²) in [5.41, 5.74) is -0.358. The maximum absolute atomic E-state index is 12.7. The van der Waals surface area contributed by atoms with Crippen LogP contribution in [0.4, 0.5) is 0 Å². The average molecular weight is 388 g/mol. The van der Waals surface area contributed by atoms with E-state index in [1.165, 1.54) is 17.7 Å². The first-order valence-electron chi connectivity index (χ1n) is 9.27. The molecular formula is C20H24N2O6. The Morgan fingerprint density at radius 3 is 2.43 bits per heavy atom. The number of Topliss-reactive ketones (excluding diaryl/α,β-unsaturated/α-hetero) is 1. The molecule has 1 aliphatic heterocycles. The summed E-state index contributed by atoms with van der Waals surface area (Å²) in [6.45, 7) is 3.41. The van der Waals surface area contributed by atoms with Crippen LogP contribution in [-0.2, 0) is 25.7 Å². The van der Waals surface area contributed by atoms with E-state index in [1.54, 1.807) is 13.8 Å². The lowest BCUT2D eigenvalue weighted by molar-refractivity contribution is -0.143. The molecule has 8 heteroatoms. The van der Waals surface area contributed by atoms with Gasteiger partial charge in [0.15, 0.2) is 11.7 Å². The summed E-state index contributed by atoms with van der Waals surface area (Å²) in [6, 6.07) is 7.30. The van der Waals surface area contributed by atoms with Crippen LogP contribution in [-0.4, -0.2) is 52.3 Å². The van der Waals surface area contributed by atoms with Gasteiger partial charge in [0.05, 0.1) is 12.1 Å². The van der Waals surface area contributed by atoms with Crippen LogP contribution in [0.3, 0.4) is 0 Å². The second-order valence-corrected chi connectivity index (χ2v) is 7.79. The molecule has 2 amide bonds. The van der Waals surface area contributed by atoms with E-state index in [0.29, 0.717) is 12.5 Å². The molecule has 1 heterocycles. The minimum absolute atomic E-state index is 0.170. The molecule has 0 spiro atoms. The number of hydrogen-bond donors (Lipinski definition) is 2. The van der Waals surface area contributed by atoms with Crippen molar-refractivity contribution in [3.8, 4) is 5.75 Å². The first-order valence-corrected chi connectivity index (χ1v) is 9.27. The smallest absolute Gasteiger partial charge is 0.322 e. The van der Waals surface area contributed by atoms with Crippen molar-refractivity contribution < 1.29 is 29.0 Å². The second-order valence-electron chi connectivity index (χ2n) is 7.79. The van der Waals surface area contributed by atoms with Crippen LogP contribution >= 0.6 is 0 Å². The molecule has 150 valence electrons. The Balaban J connectivity index is 1.68. The van der Waals surface area contributed by atoms with E-state index < -0.39 is 41.6 Å². The fourth-order valence-corrected chi connectivity index (χ4v) is 3.17. The van der Waals surface area contributed by atoms with Crippen LogP contribution in [0, 0.1) is 11.8 Å². The van der Waals surface area contributed by atoms with E-state index in [0.717, 1.165) is 11.3 Å². The van der Waals surface area contributed by atoms with E-state index >= 15 is 0 Å². The van der Waals surface area contributed by atoms with E-state index in [-0.39, 0.29) is 6.54 Å². The summed E-state index contributed by atoms with van der Waals surface area (Å²) in [5, 5.41) is 10.8. The standard InChI is InChI=1S/C20H24N2O6/c1-20(2)17(25)16(18(26)21-9-15(23)24)19(27)22(20)10-12-5-7-14(8-6-12)28-11-13-3-4-13/h5-8,13,16H,3-4,9-11H2,1-2H3,(H,21,26)(H,23,24). The number of carbonyl (C=O) groups is 4. The predicted molar refractivity (Wildman–Crippen MR) is 98.4 cm³/mol. The van der Waals surface area contributed by atoms with Crippen molar-refractivity contribution in [2.24, 2.45) is 11.8 Å². The van der Waals surface area contributed by atoms with Gasteiger partial charge in [0.2, 0.25) is 11.8 Å². The van der Waals surface area contributed by atoms with Gasteiger partial charge in [-0.1, -0.05) is 12.1 Å². The Hall–Kier alpha value is -2.90. The van der Waals surface area contributed by atoms with Crippen molar-refractivity contribution in [1.29, 1.82) is 0 Å². The quantitative estimate of drug-likeness (QED) is 0.642. The number of nitrogens with one attached hydrogen (secondary N) is 1. The molecule has 0 radical (unpaired) electrons. The topological polar surface area (TPSA) is 113 Å². The van der Waals surface area contributed by atoms with Gasteiger partial charge in [-0.2, -0.15) is 0 Å². The van der Waals surface area contributed by atoms with E-state index in [1.807, 2.05) is 24.3 Å². The predicted octanol–water partition coefficient (Wildman–Crippen LogP) is 0.982. The van der Waals surface area contributed by atoms with Crippen molar-refractivity contribution in [3.63, 3.8) is 0 Å². The largest absolute Gasteiger partial charge is 0.493 e. The SMILES string of the molecule is CC1(C)C(=O)C(C(=O)NCC(=O)O)C(=O)N1Cc1ccc(OCC2CC2)cc1. The van der Waals surface area contributed by atoms with E-state index in [4.69, 9.17) is 9.84 Å². The molecule has 1 aliphatic carbocycles. The molecule has 1 saturated heterocycles. The summed E-state index contributed by atoms with van der Waals surface area (Å²) in [6.07, 6.45) is 2.42. The highest BCUT2D eigenvalue weighted by Gasteiger charge is 2.55. The highest BCUT2D eigenvalue weighted by molar-refractivity contribution is 6.25. The van der Waals surface area contributed by atoms with Gasteiger partial charge in [-0.15, -0.1) is 0 Å². The van der Waals surface area contributed by atoms with Crippen LogP contribution in [0.5, 0.6) is 5.75 Å². The molecule has 2 fully saturated rings. The monoisotopic (exact) mass is 388 g/mol. The highest BCUT2D eigenvalue weighted by atomic mass is 16.5. The minimum atomic E-state index is -1.52. The number of amides is 2. The zero-order valence-electron chi connectivity index (χ0n) is 15.9. The summed E-state index contributed by atoms with van der Waals surface area (Å²) in [5.74, 6) is -3.39. The summed E-state index contributed by atoms with van der Waals surface area (Å²) in [4.78, 5) is 49.5. The number of carbonyl (C=O) groups excluding carboxylic acids is 3.